The summed E-state index contributed by atoms with van der Waals surface area (Å²) in [5, 5.41) is 11.6. The number of guanidine groups is 1. The molecule has 0 bridgehead atoms. The molecule has 0 radical (unpaired) electrons. The molecule has 0 aliphatic carbocycles. The van der Waals surface area contributed by atoms with Gasteiger partial charge in [-0.25, -0.2) is 9.67 Å². The van der Waals surface area contributed by atoms with Crippen LogP contribution in [0.3, 0.4) is 0 Å². The van der Waals surface area contributed by atoms with Gasteiger partial charge in [-0.2, -0.15) is 10.1 Å². The molecule has 1 aromatic carbocycles. The molecule has 3 rings (SSSR count). The zero-order valence-electron chi connectivity index (χ0n) is 15.7. The highest BCUT2D eigenvalue weighted by Crippen LogP contribution is 2.09. The Labute approximate surface area is 175 Å². The average Bonchev–Trinajstić information content (AvgIpc) is 3.28. The second kappa shape index (κ2) is 10.0. The molecule has 0 aliphatic rings. The molecule has 0 fully saturated rings. The van der Waals surface area contributed by atoms with Crippen LogP contribution in [0.15, 0.2) is 52.2 Å². The number of nitrogens with zero attached hydrogens (tertiary/aromatic N) is 6. The van der Waals surface area contributed by atoms with Crippen molar-refractivity contribution in [2.45, 2.75) is 26.9 Å². The third-order valence-corrected chi connectivity index (χ3v) is 3.71. The van der Waals surface area contributed by atoms with Crippen molar-refractivity contribution in [1.82, 2.24) is 30.1 Å². The molecule has 1 N–H and O–H groups in total. The van der Waals surface area contributed by atoms with Gasteiger partial charge in [-0.05, 0) is 19.1 Å². The van der Waals surface area contributed by atoms with E-state index in [1.54, 1.807) is 6.92 Å². The van der Waals surface area contributed by atoms with Crippen LogP contribution in [0.4, 0.5) is 0 Å². The van der Waals surface area contributed by atoms with E-state index >= 15 is 0 Å². The summed E-state index contributed by atoms with van der Waals surface area (Å²) in [7, 11) is 1.99. The Morgan fingerprint density at radius 3 is 2.74 bits per heavy atom. The van der Waals surface area contributed by atoms with Crippen LogP contribution in [-0.2, 0) is 13.1 Å². The normalized spacial score (nSPS) is 11.1. The van der Waals surface area contributed by atoms with Crippen LogP contribution in [0.1, 0.15) is 24.2 Å². The summed E-state index contributed by atoms with van der Waals surface area (Å²) in [5.74, 6) is 1.90. The fraction of sp³-hybridized carbons (Fsp3) is 0.333. The van der Waals surface area contributed by atoms with E-state index in [0.29, 0.717) is 24.8 Å². The Hall–Kier alpha value is -2.43. The van der Waals surface area contributed by atoms with Crippen LogP contribution in [-0.4, -0.2) is 44.4 Å². The largest absolute Gasteiger partial charge is 0.357 e. The molecule has 144 valence electrons. The molecule has 0 saturated heterocycles. The summed E-state index contributed by atoms with van der Waals surface area (Å²) in [4.78, 5) is 10.8. The number of para-hydroxylation sites is 1. The zero-order valence-corrected chi connectivity index (χ0v) is 18.0. The predicted molar refractivity (Wildman–Crippen MR) is 114 cm³/mol. The second-order valence-corrected chi connectivity index (χ2v) is 5.88. The SMILES string of the molecule is CCNC(=NCc1noc(C)n1)N(C)Cc1cnn(-c2ccccc2)c1.I. The predicted octanol–water partition coefficient (Wildman–Crippen LogP) is 2.78. The smallest absolute Gasteiger partial charge is 0.223 e. The lowest BCUT2D eigenvalue weighted by molar-refractivity contribution is 0.387. The summed E-state index contributed by atoms with van der Waals surface area (Å²) in [6.45, 7) is 5.63. The monoisotopic (exact) mass is 481 g/mol. The summed E-state index contributed by atoms with van der Waals surface area (Å²) in [6, 6.07) is 10.0. The summed E-state index contributed by atoms with van der Waals surface area (Å²) in [6.07, 6.45) is 3.90. The van der Waals surface area contributed by atoms with Crippen LogP contribution in [0.25, 0.3) is 5.69 Å². The van der Waals surface area contributed by atoms with Gasteiger partial charge < -0.3 is 14.7 Å². The first-order valence-electron chi connectivity index (χ1n) is 8.53. The number of aliphatic imine (C=N–C) groups is 1. The average molecular weight is 481 g/mol. The highest BCUT2D eigenvalue weighted by molar-refractivity contribution is 14.0. The van der Waals surface area contributed by atoms with E-state index in [0.717, 1.165) is 23.8 Å². The van der Waals surface area contributed by atoms with Crippen molar-refractivity contribution in [1.29, 1.82) is 0 Å². The minimum absolute atomic E-state index is 0. The van der Waals surface area contributed by atoms with Gasteiger partial charge in [0, 0.05) is 38.8 Å². The molecular weight excluding hydrogens is 457 g/mol. The van der Waals surface area contributed by atoms with Gasteiger partial charge in [-0.15, -0.1) is 24.0 Å². The number of aryl methyl sites for hydroxylation is 1. The lowest BCUT2D eigenvalue weighted by Crippen LogP contribution is -2.38. The van der Waals surface area contributed by atoms with Crippen LogP contribution in [0, 0.1) is 6.92 Å². The number of aromatic nitrogens is 4. The highest BCUT2D eigenvalue weighted by atomic mass is 127. The van der Waals surface area contributed by atoms with E-state index in [9.17, 15) is 0 Å². The Kier molecular flexibility index (Phi) is 7.77. The van der Waals surface area contributed by atoms with Crippen molar-refractivity contribution in [3.8, 4) is 5.69 Å². The third-order valence-electron chi connectivity index (χ3n) is 3.71. The van der Waals surface area contributed by atoms with E-state index in [4.69, 9.17) is 4.52 Å². The van der Waals surface area contributed by atoms with Crippen molar-refractivity contribution >= 4 is 29.9 Å². The molecule has 2 heterocycles. The van der Waals surface area contributed by atoms with Crippen molar-refractivity contribution < 1.29 is 4.52 Å². The van der Waals surface area contributed by atoms with Gasteiger partial charge in [0.05, 0.1) is 11.9 Å². The summed E-state index contributed by atoms with van der Waals surface area (Å²) in [5.41, 5.74) is 2.13. The molecule has 0 atom stereocenters. The van der Waals surface area contributed by atoms with Crippen LogP contribution < -0.4 is 5.32 Å². The first-order valence-corrected chi connectivity index (χ1v) is 8.53. The highest BCUT2D eigenvalue weighted by Gasteiger charge is 2.10. The molecule has 3 aromatic rings. The Morgan fingerprint density at radius 1 is 1.30 bits per heavy atom. The molecule has 9 heteroatoms. The standard InChI is InChI=1S/C18H23N7O.HI/c1-4-19-18(20-11-17-22-14(2)26-23-17)24(3)12-15-10-21-25(13-15)16-8-6-5-7-9-16;/h5-10,13H,4,11-12H2,1-3H3,(H,19,20);1H. The first kappa shape index (κ1) is 20.9. The molecule has 2 aromatic heterocycles. The summed E-state index contributed by atoms with van der Waals surface area (Å²) < 4.78 is 6.85. The van der Waals surface area contributed by atoms with Gasteiger partial charge in [0.25, 0.3) is 0 Å². The molecule has 0 unspecified atom stereocenters. The maximum atomic E-state index is 4.98. The fourth-order valence-electron chi connectivity index (χ4n) is 2.53. The Bertz CT molecular complexity index is 859. The van der Waals surface area contributed by atoms with E-state index < -0.39 is 0 Å². The quantitative estimate of drug-likeness (QED) is 0.331. The molecule has 8 nitrogen and oxygen atoms in total. The molecule has 0 amide bonds. The minimum atomic E-state index is 0. The van der Waals surface area contributed by atoms with Gasteiger partial charge in [0.1, 0.15) is 6.54 Å². The molecule has 27 heavy (non-hydrogen) atoms. The van der Waals surface area contributed by atoms with Crippen molar-refractivity contribution in [2.75, 3.05) is 13.6 Å². The van der Waals surface area contributed by atoms with E-state index in [1.807, 2.05) is 66.3 Å². The molecule has 0 spiro atoms. The van der Waals surface area contributed by atoms with Gasteiger partial charge in [-0.3, -0.25) is 0 Å². The number of hydrogen-bond donors (Lipinski definition) is 1. The summed E-state index contributed by atoms with van der Waals surface area (Å²) >= 11 is 0. The number of halogens is 1. The van der Waals surface area contributed by atoms with Crippen molar-refractivity contribution in [3.05, 3.63) is 60.0 Å². The number of hydrogen-bond acceptors (Lipinski definition) is 5. The van der Waals surface area contributed by atoms with E-state index in [2.05, 4.69) is 25.5 Å². The number of rotatable bonds is 6. The first-order chi connectivity index (χ1) is 12.7. The Morgan fingerprint density at radius 2 is 2.07 bits per heavy atom. The van der Waals surface area contributed by atoms with Crippen molar-refractivity contribution in [3.63, 3.8) is 0 Å². The minimum Gasteiger partial charge on any atom is -0.357 e. The van der Waals surface area contributed by atoms with Crippen LogP contribution in [0.2, 0.25) is 0 Å². The van der Waals surface area contributed by atoms with Gasteiger partial charge in [0.2, 0.25) is 5.89 Å². The van der Waals surface area contributed by atoms with E-state index in [-0.39, 0.29) is 24.0 Å². The maximum absolute atomic E-state index is 4.98. The topological polar surface area (TPSA) is 84.4 Å². The lowest BCUT2D eigenvalue weighted by atomic mass is 10.3. The van der Waals surface area contributed by atoms with Gasteiger partial charge >= 0.3 is 0 Å². The van der Waals surface area contributed by atoms with Crippen molar-refractivity contribution in [2.24, 2.45) is 4.99 Å². The lowest BCUT2D eigenvalue weighted by Gasteiger charge is -2.21. The molecule has 0 aliphatic heterocycles. The Balaban J connectivity index is 0.00000261. The van der Waals surface area contributed by atoms with Gasteiger partial charge in [0.15, 0.2) is 11.8 Å². The number of benzene rings is 1. The third kappa shape index (κ3) is 5.78. The molecular formula is C18H24IN7O. The van der Waals surface area contributed by atoms with Gasteiger partial charge in [-0.1, -0.05) is 23.4 Å². The fourth-order valence-corrected chi connectivity index (χ4v) is 2.53. The molecule has 0 saturated carbocycles. The van der Waals surface area contributed by atoms with Crippen LogP contribution in [0.5, 0.6) is 0 Å². The second-order valence-electron chi connectivity index (χ2n) is 5.88. The van der Waals surface area contributed by atoms with Crippen LogP contribution >= 0.6 is 24.0 Å². The number of nitrogens with one attached hydrogen (secondary N) is 1. The maximum Gasteiger partial charge on any atom is 0.223 e. The van der Waals surface area contributed by atoms with E-state index in [1.165, 1.54) is 0 Å². The zero-order chi connectivity index (χ0) is 18.4.